The summed E-state index contributed by atoms with van der Waals surface area (Å²) in [5.41, 5.74) is 1.60. The van der Waals surface area contributed by atoms with E-state index in [1.54, 1.807) is 12.1 Å². The van der Waals surface area contributed by atoms with Crippen molar-refractivity contribution in [1.82, 2.24) is 0 Å². The van der Waals surface area contributed by atoms with Crippen LogP contribution in [0.5, 0.6) is 0 Å². The Bertz CT molecular complexity index is 416. The van der Waals surface area contributed by atoms with Crippen LogP contribution in [0.4, 0.5) is 0 Å². The Balaban J connectivity index is 3.42. The van der Waals surface area contributed by atoms with Crippen molar-refractivity contribution in [2.75, 3.05) is 7.11 Å². The van der Waals surface area contributed by atoms with Crippen LogP contribution in [0.25, 0.3) is 0 Å². The van der Waals surface area contributed by atoms with Crippen LogP contribution in [0, 0.1) is 11.3 Å². The third-order valence-corrected chi connectivity index (χ3v) is 2.23. The average Bonchev–Trinajstić information content (AvgIpc) is 2.26. The minimum atomic E-state index is -0.448. The standard InChI is InChI=1S/C12H13NO2/c1-8(2)10-6-4-5-9(7-13)11(10)12(14)15-3/h4-6,8H,1-3H3. The molecule has 78 valence electrons. The molecule has 0 unspecified atom stereocenters. The molecule has 1 rings (SSSR count). The van der Waals surface area contributed by atoms with Crippen LogP contribution >= 0.6 is 0 Å². The normalized spacial score (nSPS) is 9.80. The molecule has 3 heteroatoms. The second kappa shape index (κ2) is 4.61. The van der Waals surface area contributed by atoms with Gasteiger partial charge in [0.1, 0.15) is 6.07 Å². The maximum Gasteiger partial charge on any atom is 0.339 e. The lowest BCUT2D eigenvalue weighted by atomic mass is 9.94. The molecule has 0 N–H and O–H groups in total. The van der Waals surface area contributed by atoms with E-state index in [2.05, 4.69) is 4.74 Å². The summed E-state index contributed by atoms with van der Waals surface area (Å²) >= 11 is 0. The van der Waals surface area contributed by atoms with E-state index in [0.29, 0.717) is 11.1 Å². The monoisotopic (exact) mass is 203 g/mol. The van der Waals surface area contributed by atoms with E-state index in [4.69, 9.17) is 5.26 Å². The van der Waals surface area contributed by atoms with Gasteiger partial charge in [0.05, 0.1) is 18.2 Å². The lowest BCUT2D eigenvalue weighted by molar-refractivity contribution is 0.0598. The molecule has 0 saturated carbocycles. The molecule has 0 aliphatic heterocycles. The Morgan fingerprint density at radius 2 is 2.13 bits per heavy atom. The first kappa shape index (κ1) is 11.3. The van der Waals surface area contributed by atoms with Crippen LogP contribution in [0.1, 0.15) is 41.3 Å². The summed E-state index contributed by atoms with van der Waals surface area (Å²) in [5.74, 6) is -0.261. The number of esters is 1. The van der Waals surface area contributed by atoms with Gasteiger partial charge in [-0.25, -0.2) is 4.79 Å². The fourth-order valence-electron chi connectivity index (χ4n) is 1.47. The summed E-state index contributed by atoms with van der Waals surface area (Å²) in [4.78, 5) is 11.5. The van der Waals surface area contributed by atoms with Gasteiger partial charge in [-0.1, -0.05) is 26.0 Å². The van der Waals surface area contributed by atoms with E-state index in [9.17, 15) is 4.79 Å². The highest BCUT2D eigenvalue weighted by molar-refractivity contribution is 5.94. The third-order valence-electron chi connectivity index (χ3n) is 2.23. The van der Waals surface area contributed by atoms with E-state index in [-0.39, 0.29) is 5.92 Å². The number of nitriles is 1. The number of carbonyl (C=O) groups excluding carboxylic acids is 1. The van der Waals surface area contributed by atoms with Crippen LogP contribution in [0.15, 0.2) is 18.2 Å². The molecular formula is C12H13NO2. The highest BCUT2D eigenvalue weighted by Crippen LogP contribution is 2.23. The lowest BCUT2D eigenvalue weighted by Crippen LogP contribution is -2.09. The quantitative estimate of drug-likeness (QED) is 0.694. The number of ether oxygens (including phenoxy) is 1. The summed E-state index contributed by atoms with van der Waals surface area (Å²) in [7, 11) is 1.32. The predicted octanol–water partition coefficient (Wildman–Crippen LogP) is 2.47. The molecule has 0 aromatic heterocycles. The number of methoxy groups -OCH3 is 1. The van der Waals surface area contributed by atoms with Gasteiger partial charge in [-0.3, -0.25) is 0 Å². The predicted molar refractivity (Wildman–Crippen MR) is 56.6 cm³/mol. The molecule has 3 nitrogen and oxygen atoms in total. The van der Waals surface area contributed by atoms with Crippen molar-refractivity contribution >= 4 is 5.97 Å². The SMILES string of the molecule is COC(=O)c1c(C#N)cccc1C(C)C. The second-order valence-electron chi connectivity index (χ2n) is 3.53. The maximum absolute atomic E-state index is 11.5. The number of carbonyl (C=O) groups is 1. The molecular weight excluding hydrogens is 190 g/mol. The Morgan fingerprint density at radius 1 is 1.47 bits per heavy atom. The summed E-state index contributed by atoms with van der Waals surface area (Å²) in [6, 6.07) is 7.25. The maximum atomic E-state index is 11.5. The molecule has 0 amide bonds. The summed E-state index contributed by atoms with van der Waals surface area (Å²) in [6.07, 6.45) is 0. The van der Waals surface area contributed by atoms with Crippen molar-refractivity contribution in [2.24, 2.45) is 0 Å². The molecule has 15 heavy (non-hydrogen) atoms. The Hall–Kier alpha value is -1.82. The first-order chi connectivity index (χ1) is 7.11. The van der Waals surface area contributed by atoms with Gasteiger partial charge in [0, 0.05) is 0 Å². The van der Waals surface area contributed by atoms with Crippen LogP contribution in [-0.2, 0) is 4.74 Å². The number of rotatable bonds is 2. The molecule has 0 saturated heterocycles. The van der Waals surface area contributed by atoms with Crippen LogP contribution < -0.4 is 0 Å². The number of hydrogen-bond acceptors (Lipinski definition) is 3. The van der Waals surface area contributed by atoms with E-state index < -0.39 is 5.97 Å². The first-order valence-corrected chi connectivity index (χ1v) is 4.73. The van der Waals surface area contributed by atoms with Gasteiger partial charge in [0.15, 0.2) is 0 Å². The number of benzene rings is 1. The van der Waals surface area contributed by atoms with Crippen LogP contribution in [0.2, 0.25) is 0 Å². The molecule has 0 fully saturated rings. The molecule has 0 atom stereocenters. The Labute approximate surface area is 89.3 Å². The first-order valence-electron chi connectivity index (χ1n) is 4.73. The van der Waals surface area contributed by atoms with Crippen molar-refractivity contribution in [1.29, 1.82) is 5.26 Å². The van der Waals surface area contributed by atoms with Crippen molar-refractivity contribution < 1.29 is 9.53 Å². The lowest BCUT2D eigenvalue weighted by Gasteiger charge is -2.11. The minimum Gasteiger partial charge on any atom is -0.465 e. The summed E-state index contributed by atoms with van der Waals surface area (Å²) in [6.45, 7) is 3.95. The third kappa shape index (κ3) is 2.16. The minimum absolute atomic E-state index is 0.187. The molecule has 1 aromatic carbocycles. The topological polar surface area (TPSA) is 50.1 Å². The van der Waals surface area contributed by atoms with Gasteiger partial charge >= 0.3 is 5.97 Å². The smallest absolute Gasteiger partial charge is 0.339 e. The molecule has 0 bridgehead atoms. The number of hydrogen-bond donors (Lipinski definition) is 0. The van der Waals surface area contributed by atoms with E-state index in [0.717, 1.165) is 5.56 Å². The fraction of sp³-hybridized carbons (Fsp3) is 0.333. The Kier molecular flexibility index (Phi) is 3.46. The van der Waals surface area contributed by atoms with E-state index >= 15 is 0 Å². The zero-order chi connectivity index (χ0) is 11.4. The summed E-state index contributed by atoms with van der Waals surface area (Å²) < 4.78 is 4.68. The van der Waals surface area contributed by atoms with Gasteiger partial charge < -0.3 is 4.74 Å². The zero-order valence-corrected chi connectivity index (χ0v) is 9.07. The van der Waals surface area contributed by atoms with Gasteiger partial charge in [-0.05, 0) is 17.5 Å². The molecule has 0 heterocycles. The molecule has 0 spiro atoms. The molecule has 1 aromatic rings. The highest BCUT2D eigenvalue weighted by atomic mass is 16.5. The van der Waals surface area contributed by atoms with E-state index in [1.807, 2.05) is 26.0 Å². The van der Waals surface area contributed by atoms with Crippen LogP contribution in [-0.4, -0.2) is 13.1 Å². The van der Waals surface area contributed by atoms with Gasteiger partial charge in [-0.2, -0.15) is 5.26 Å². The second-order valence-corrected chi connectivity index (χ2v) is 3.53. The zero-order valence-electron chi connectivity index (χ0n) is 9.07. The highest BCUT2D eigenvalue weighted by Gasteiger charge is 2.18. The van der Waals surface area contributed by atoms with E-state index in [1.165, 1.54) is 7.11 Å². The fourth-order valence-corrected chi connectivity index (χ4v) is 1.47. The Morgan fingerprint density at radius 3 is 2.60 bits per heavy atom. The van der Waals surface area contributed by atoms with Crippen molar-refractivity contribution in [3.8, 4) is 6.07 Å². The average molecular weight is 203 g/mol. The largest absolute Gasteiger partial charge is 0.465 e. The molecule has 0 radical (unpaired) electrons. The number of nitrogens with zero attached hydrogens (tertiary/aromatic N) is 1. The van der Waals surface area contributed by atoms with Gasteiger partial charge in [0.25, 0.3) is 0 Å². The van der Waals surface area contributed by atoms with Gasteiger partial charge in [-0.15, -0.1) is 0 Å². The molecule has 0 aliphatic rings. The van der Waals surface area contributed by atoms with Crippen molar-refractivity contribution in [3.63, 3.8) is 0 Å². The summed E-state index contributed by atoms with van der Waals surface area (Å²) in [5, 5.41) is 8.91. The van der Waals surface area contributed by atoms with Crippen molar-refractivity contribution in [2.45, 2.75) is 19.8 Å². The van der Waals surface area contributed by atoms with Gasteiger partial charge in [0.2, 0.25) is 0 Å². The van der Waals surface area contributed by atoms with Crippen LogP contribution in [0.3, 0.4) is 0 Å². The molecule has 0 aliphatic carbocycles. The van der Waals surface area contributed by atoms with Crippen molar-refractivity contribution in [3.05, 3.63) is 34.9 Å².